The van der Waals surface area contributed by atoms with Crippen molar-refractivity contribution in [3.63, 3.8) is 0 Å². The van der Waals surface area contributed by atoms with Gasteiger partial charge in [0.25, 0.3) is 0 Å². The second kappa shape index (κ2) is 8.42. The Balaban J connectivity index is 1.93. The van der Waals surface area contributed by atoms with Gasteiger partial charge in [0.15, 0.2) is 0 Å². The summed E-state index contributed by atoms with van der Waals surface area (Å²) >= 11 is 0. The summed E-state index contributed by atoms with van der Waals surface area (Å²) in [5.41, 5.74) is 2.07. The lowest BCUT2D eigenvalue weighted by Crippen LogP contribution is -2.17. The summed E-state index contributed by atoms with van der Waals surface area (Å²) in [6.45, 7) is 3.54. The summed E-state index contributed by atoms with van der Waals surface area (Å²) in [5, 5.41) is 11.9. The number of carbonyl (C=O) groups is 2. The molecule has 0 aliphatic carbocycles. The maximum Gasteiger partial charge on any atom is 0.310 e. The molecule has 2 aromatic rings. The molecule has 25 heavy (non-hydrogen) atoms. The zero-order chi connectivity index (χ0) is 18.4. The van der Waals surface area contributed by atoms with E-state index in [1.807, 2.05) is 13.0 Å². The van der Waals surface area contributed by atoms with Crippen molar-refractivity contribution in [2.45, 2.75) is 32.6 Å². The van der Waals surface area contributed by atoms with Crippen LogP contribution in [0.25, 0.3) is 0 Å². The molecule has 1 amide bonds. The van der Waals surface area contributed by atoms with E-state index in [9.17, 15) is 14.0 Å². The highest BCUT2D eigenvalue weighted by Crippen LogP contribution is 2.20. The Bertz CT molecular complexity index is 760. The molecule has 132 valence electrons. The third-order valence-corrected chi connectivity index (χ3v) is 4.05. The van der Waals surface area contributed by atoms with E-state index in [0.29, 0.717) is 24.1 Å². The molecule has 2 rings (SSSR count). The Labute approximate surface area is 146 Å². The number of hydrogen-bond acceptors (Lipinski definition) is 2. The first kappa shape index (κ1) is 18.6. The van der Waals surface area contributed by atoms with E-state index in [1.54, 1.807) is 37.3 Å². The standard InChI is InChI=1S/C20H22FNO3/c1-13(9-15-5-3-7-17(21)11-15)10-19(23)22-18-8-4-6-16(12-18)14(2)20(24)25/h3-8,11-14H,9-10H2,1-2H3,(H,22,23)(H,24,25). The number of benzene rings is 2. The molecule has 2 atom stereocenters. The van der Waals surface area contributed by atoms with Crippen LogP contribution in [-0.4, -0.2) is 17.0 Å². The van der Waals surface area contributed by atoms with Gasteiger partial charge in [0.1, 0.15) is 5.82 Å². The van der Waals surface area contributed by atoms with Crippen LogP contribution in [0.3, 0.4) is 0 Å². The third kappa shape index (κ3) is 5.71. The first-order chi connectivity index (χ1) is 11.8. The van der Waals surface area contributed by atoms with E-state index in [1.165, 1.54) is 12.1 Å². The quantitative estimate of drug-likeness (QED) is 0.791. The molecule has 0 bridgehead atoms. The third-order valence-electron chi connectivity index (χ3n) is 4.05. The van der Waals surface area contributed by atoms with Crippen LogP contribution in [0, 0.1) is 11.7 Å². The number of aliphatic carboxylic acids is 1. The van der Waals surface area contributed by atoms with Crippen molar-refractivity contribution in [2.75, 3.05) is 5.32 Å². The number of carboxylic acids is 1. The zero-order valence-corrected chi connectivity index (χ0v) is 14.3. The van der Waals surface area contributed by atoms with Crippen LogP contribution in [0.15, 0.2) is 48.5 Å². The average molecular weight is 343 g/mol. The topological polar surface area (TPSA) is 66.4 Å². The van der Waals surface area contributed by atoms with Crippen molar-refractivity contribution in [3.05, 3.63) is 65.5 Å². The van der Waals surface area contributed by atoms with Crippen LogP contribution in [0.5, 0.6) is 0 Å². The molecule has 0 spiro atoms. The summed E-state index contributed by atoms with van der Waals surface area (Å²) < 4.78 is 13.2. The summed E-state index contributed by atoms with van der Waals surface area (Å²) in [6.07, 6.45) is 0.913. The highest BCUT2D eigenvalue weighted by Gasteiger charge is 2.15. The van der Waals surface area contributed by atoms with E-state index < -0.39 is 11.9 Å². The zero-order valence-electron chi connectivity index (χ0n) is 14.3. The number of carboxylic acid groups (broad SMARTS) is 1. The Kier molecular flexibility index (Phi) is 6.28. The number of amides is 1. The first-order valence-electron chi connectivity index (χ1n) is 8.22. The number of nitrogens with one attached hydrogen (secondary N) is 1. The van der Waals surface area contributed by atoms with Crippen molar-refractivity contribution < 1.29 is 19.1 Å². The van der Waals surface area contributed by atoms with Crippen LogP contribution in [0.2, 0.25) is 0 Å². The molecule has 5 heteroatoms. The van der Waals surface area contributed by atoms with Gasteiger partial charge in [0, 0.05) is 12.1 Å². The second-order valence-electron chi connectivity index (χ2n) is 6.38. The van der Waals surface area contributed by atoms with E-state index >= 15 is 0 Å². The van der Waals surface area contributed by atoms with Crippen LogP contribution >= 0.6 is 0 Å². The van der Waals surface area contributed by atoms with Crippen molar-refractivity contribution in [1.29, 1.82) is 0 Å². The van der Waals surface area contributed by atoms with Gasteiger partial charge >= 0.3 is 5.97 Å². The fourth-order valence-corrected chi connectivity index (χ4v) is 2.70. The Morgan fingerprint density at radius 2 is 1.84 bits per heavy atom. The van der Waals surface area contributed by atoms with Gasteiger partial charge in [-0.05, 0) is 54.7 Å². The molecule has 0 fully saturated rings. The van der Waals surface area contributed by atoms with E-state index in [0.717, 1.165) is 5.56 Å². The lowest BCUT2D eigenvalue weighted by molar-refractivity contribution is -0.138. The van der Waals surface area contributed by atoms with Crippen LogP contribution < -0.4 is 5.32 Å². The van der Waals surface area contributed by atoms with Gasteiger partial charge in [-0.15, -0.1) is 0 Å². The largest absolute Gasteiger partial charge is 0.481 e. The SMILES string of the molecule is CC(CC(=O)Nc1cccc(C(C)C(=O)O)c1)Cc1cccc(F)c1. The van der Waals surface area contributed by atoms with Crippen molar-refractivity contribution in [1.82, 2.24) is 0 Å². The molecule has 0 saturated carbocycles. The van der Waals surface area contributed by atoms with Gasteiger partial charge in [-0.3, -0.25) is 9.59 Å². The summed E-state index contributed by atoms with van der Waals surface area (Å²) in [5.74, 6) is -1.92. The van der Waals surface area contributed by atoms with Gasteiger partial charge in [-0.25, -0.2) is 4.39 Å². The monoisotopic (exact) mass is 343 g/mol. The minimum absolute atomic E-state index is 0.0583. The maximum absolute atomic E-state index is 13.2. The summed E-state index contributed by atoms with van der Waals surface area (Å²) in [6, 6.07) is 13.2. The molecular formula is C20H22FNO3. The Morgan fingerprint density at radius 1 is 1.12 bits per heavy atom. The number of hydrogen-bond donors (Lipinski definition) is 2. The van der Waals surface area contributed by atoms with Crippen LogP contribution in [0.4, 0.5) is 10.1 Å². The fraction of sp³-hybridized carbons (Fsp3) is 0.300. The number of anilines is 1. The molecule has 2 aromatic carbocycles. The van der Waals surface area contributed by atoms with Crippen LogP contribution in [-0.2, 0) is 16.0 Å². The highest BCUT2D eigenvalue weighted by molar-refractivity contribution is 5.91. The molecule has 0 aliphatic heterocycles. The van der Waals surface area contributed by atoms with E-state index in [-0.39, 0.29) is 17.6 Å². The molecular weight excluding hydrogens is 321 g/mol. The summed E-state index contributed by atoms with van der Waals surface area (Å²) in [7, 11) is 0. The predicted octanol–water partition coefficient (Wildman–Crippen LogP) is 4.22. The molecule has 0 saturated heterocycles. The van der Waals surface area contributed by atoms with E-state index in [4.69, 9.17) is 5.11 Å². The molecule has 0 radical (unpaired) electrons. The molecule has 4 nitrogen and oxygen atoms in total. The van der Waals surface area contributed by atoms with Gasteiger partial charge in [-0.2, -0.15) is 0 Å². The Morgan fingerprint density at radius 3 is 2.52 bits per heavy atom. The highest BCUT2D eigenvalue weighted by atomic mass is 19.1. The molecule has 2 unspecified atom stereocenters. The molecule has 0 aliphatic rings. The van der Waals surface area contributed by atoms with E-state index in [2.05, 4.69) is 5.32 Å². The van der Waals surface area contributed by atoms with Crippen LogP contribution in [0.1, 0.15) is 37.3 Å². The van der Waals surface area contributed by atoms with Crippen molar-refractivity contribution in [3.8, 4) is 0 Å². The average Bonchev–Trinajstić information content (AvgIpc) is 2.53. The minimum atomic E-state index is -0.910. The number of carbonyl (C=O) groups excluding carboxylic acids is 1. The molecule has 0 aromatic heterocycles. The van der Waals surface area contributed by atoms with Gasteiger partial charge < -0.3 is 10.4 Å². The van der Waals surface area contributed by atoms with Gasteiger partial charge in [0.05, 0.1) is 5.92 Å². The lowest BCUT2D eigenvalue weighted by atomic mass is 9.97. The summed E-state index contributed by atoms with van der Waals surface area (Å²) in [4.78, 5) is 23.3. The van der Waals surface area contributed by atoms with Crippen molar-refractivity contribution in [2.24, 2.45) is 5.92 Å². The number of halogens is 1. The minimum Gasteiger partial charge on any atom is -0.481 e. The fourth-order valence-electron chi connectivity index (χ4n) is 2.70. The van der Waals surface area contributed by atoms with Gasteiger partial charge in [0.2, 0.25) is 5.91 Å². The lowest BCUT2D eigenvalue weighted by Gasteiger charge is -2.13. The normalized spacial score (nSPS) is 13.1. The predicted molar refractivity (Wildman–Crippen MR) is 95.0 cm³/mol. The molecule has 2 N–H and O–H groups in total. The number of rotatable bonds is 7. The second-order valence-corrected chi connectivity index (χ2v) is 6.38. The van der Waals surface area contributed by atoms with Gasteiger partial charge in [-0.1, -0.05) is 31.2 Å². The molecule has 0 heterocycles. The smallest absolute Gasteiger partial charge is 0.310 e. The Hall–Kier alpha value is -2.69. The first-order valence-corrected chi connectivity index (χ1v) is 8.22. The maximum atomic E-state index is 13.2. The van der Waals surface area contributed by atoms with Crippen molar-refractivity contribution >= 4 is 17.6 Å².